The van der Waals surface area contributed by atoms with Crippen LogP contribution >= 0.6 is 23.4 Å². The first-order valence-corrected chi connectivity index (χ1v) is 11.9. The molecular weight excluding hydrogens is 452 g/mol. The Morgan fingerprint density at radius 3 is 2.78 bits per heavy atom. The van der Waals surface area contributed by atoms with Gasteiger partial charge in [-0.05, 0) is 18.6 Å². The molecule has 5 rings (SSSR count). The van der Waals surface area contributed by atoms with Crippen molar-refractivity contribution in [2.45, 2.75) is 22.5 Å². The van der Waals surface area contributed by atoms with Gasteiger partial charge in [0.1, 0.15) is 12.6 Å². The topological polar surface area (TPSA) is 87.2 Å². The Kier molecular flexibility index (Phi) is 5.55. The van der Waals surface area contributed by atoms with Crippen molar-refractivity contribution < 1.29 is 24.2 Å². The highest BCUT2D eigenvalue weighted by Gasteiger charge is 2.71. The number of likely N-dealkylation sites (tertiary alicyclic amines) is 1. The number of para-hydroxylation sites is 1. The minimum absolute atomic E-state index is 0.101. The van der Waals surface area contributed by atoms with Gasteiger partial charge in [0, 0.05) is 24.9 Å². The van der Waals surface area contributed by atoms with E-state index in [1.165, 1.54) is 11.8 Å². The second-order valence-corrected chi connectivity index (χ2v) is 10.2. The minimum Gasteiger partial charge on any atom is -0.461 e. The van der Waals surface area contributed by atoms with E-state index in [4.69, 9.17) is 16.3 Å². The van der Waals surface area contributed by atoms with E-state index in [1.807, 2.05) is 24.3 Å². The number of aliphatic hydroxyl groups excluding tert-OH is 1. The number of nitrogens with zero attached hydrogens (tertiary/aromatic N) is 2. The number of rotatable bonds is 4. The number of benzene rings is 1. The molecule has 2 saturated heterocycles. The number of esters is 1. The fourth-order valence-electron chi connectivity index (χ4n) is 5.34. The van der Waals surface area contributed by atoms with E-state index in [2.05, 4.69) is 0 Å². The quantitative estimate of drug-likeness (QED) is 0.531. The fraction of sp³-hybridized carbons (Fsp3) is 0.435. The number of amides is 2. The molecule has 0 saturated carbocycles. The maximum Gasteiger partial charge on any atom is 0.311 e. The van der Waals surface area contributed by atoms with Crippen molar-refractivity contribution in [1.82, 2.24) is 4.90 Å². The smallest absolute Gasteiger partial charge is 0.311 e. The molecule has 0 aliphatic carbocycles. The normalized spacial score (nSPS) is 33.5. The molecule has 7 nitrogen and oxygen atoms in total. The van der Waals surface area contributed by atoms with Crippen molar-refractivity contribution in [3.05, 3.63) is 53.6 Å². The van der Waals surface area contributed by atoms with Crippen LogP contribution in [-0.2, 0) is 19.1 Å². The third kappa shape index (κ3) is 3.11. The molecule has 0 bridgehead atoms. The second-order valence-electron chi connectivity index (χ2n) is 8.31. The lowest BCUT2D eigenvalue weighted by Gasteiger charge is -2.35. The number of hydrogen-bond donors (Lipinski definition) is 1. The molecule has 168 valence electrons. The molecule has 32 heavy (non-hydrogen) atoms. The Hall–Kier alpha value is -2.29. The van der Waals surface area contributed by atoms with Gasteiger partial charge in [-0.2, -0.15) is 0 Å². The van der Waals surface area contributed by atoms with Crippen LogP contribution < -0.4 is 4.90 Å². The summed E-state index contributed by atoms with van der Waals surface area (Å²) in [6, 6.07) is 6.31. The van der Waals surface area contributed by atoms with Crippen LogP contribution in [0.2, 0.25) is 5.02 Å². The van der Waals surface area contributed by atoms with Crippen molar-refractivity contribution in [2.75, 3.05) is 31.2 Å². The Morgan fingerprint density at radius 2 is 2.00 bits per heavy atom. The Labute approximate surface area is 195 Å². The average molecular weight is 475 g/mol. The predicted molar refractivity (Wildman–Crippen MR) is 121 cm³/mol. The summed E-state index contributed by atoms with van der Waals surface area (Å²) in [5.74, 6) is -2.24. The molecule has 4 heterocycles. The molecule has 2 fully saturated rings. The van der Waals surface area contributed by atoms with Crippen LogP contribution in [-0.4, -0.2) is 70.1 Å². The molecule has 4 aliphatic heterocycles. The zero-order valence-corrected chi connectivity index (χ0v) is 18.8. The summed E-state index contributed by atoms with van der Waals surface area (Å²) < 4.78 is 4.45. The van der Waals surface area contributed by atoms with Gasteiger partial charge < -0.3 is 19.6 Å². The van der Waals surface area contributed by atoms with E-state index < -0.39 is 28.6 Å². The number of halogens is 1. The van der Waals surface area contributed by atoms with E-state index in [9.17, 15) is 19.5 Å². The summed E-state index contributed by atoms with van der Waals surface area (Å²) in [6.07, 6.45) is 7.90. The van der Waals surface area contributed by atoms with Crippen LogP contribution in [0.5, 0.6) is 0 Å². The molecule has 1 unspecified atom stereocenters. The third-order valence-corrected chi connectivity index (χ3v) is 8.68. The summed E-state index contributed by atoms with van der Waals surface area (Å²) in [5, 5.41) is 9.61. The first kappa shape index (κ1) is 21.6. The number of ether oxygens (including phenoxy) is 1. The number of fused-ring (bicyclic) bond motifs is 2. The predicted octanol–water partition coefficient (Wildman–Crippen LogP) is 2.04. The van der Waals surface area contributed by atoms with Gasteiger partial charge in [0.25, 0.3) is 5.91 Å². The Bertz CT molecular complexity index is 1030. The van der Waals surface area contributed by atoms with Crippen molar-refractivity contribution in [3.63, 3.8) is 0 Å². The first-order chi connectivity index (χ1) is 15.5. The molecule has 5 atom stereocenters. The number of aliphatic hydroxyl groups is 1. The lowest BCUT2D eigenvalue weighted by molar-refractivity contribution is -0.151. The number of carbonyl (C=O) groups is 3. The maximum atomic E-state index is 14.0. The highest BCUT2D eigenvalue weighted by atomic mass is 35.5. The molecule has 1 aromatic rings. The van der Waals surface area contributed by atoms with Crippen LogP contribution in [0.25, 0.3) is 0 Å². The van der Waals surface area contributed by atoms with Crippen molar-refractivity contribution in [2.24, 2.45) is 11.8 Å². The molecule has 1 spiro atoms. The Morgan fingerprint density at radius 1 is 1.19 bits per heavy atom. The summed E-state index contributed by atoms with van der Waals surface area (Å²) in [5.41, 5.74) is 0.579. The van der Waals surface area contributed by atoms with Crippen molar-refractivity contribution in [3.8, 4) is 0 Å². The van der Waals surface area contributed by atoms with Gasteiger partial charge in [-0.3, -0.25) is 14.4 Å². The minimum atomic E-state index is -0.893. The number of cyclic esters (lactones) is 1. The highest BCUT2D eigenvalue weighted by molar-refractivity contribution is 8.02. The standard InChI is InChI=1S/C23H23ClN2O5S/c24-14-6-1-2-7-15(14)25-10-4-9-23-18(17-16(32-23)8-3-13-31-22(17)30)20(28)26(11-5-12-27)19(23)21(25)29/h1-4,6-9,16-19,27H,5,10-13H2/t16-,17+,18+,19?,23+/m1/s1. The van der Waals surface area contributed by atoms with Crippen molar-refractivity contribution in [1.29, 1.82) is 0 Å². The molecule has 0 aromatic heterocycles. The molecule has 4 aliphatic rings. The largest absolute Gasteiger partial charge is 0.461 e. The van der Waals surface area contributed by atoms with Gasteiger partial charge in [-0.25, -0.2) is 0 Å². The number of carbonyl (C=O) groups excluding carboxylic acids is 3. The van der Waals surface area contributed by atoms with E-state index in [1.54, 1.807) is 34.1 Å². The summed E-state index contributed by atoms with van der Waals surface area (Å²) >= 11 is 7.90. The van der Waals surface area contributed by atoms with Crippen LogP contribution in [0.1, 0.15) is 6.42 Å². The number of hydrogen-bond acceptors (Lipinski definition) is 6. The average Bonchev–Trinajstić information content (AvgIpc) is 3.07. The summed E-state index contributed by atoms with van der Waals surface area (Å²) in [4.78, 5) is 43.7. The van der Waals surface area contributed by atoms with Gasteiger partial charge in [-0.1, -0.05) is 48.0 Å². The van der Waals surface area contributed by atoms with Crippen LogP contribution in [0.4, 0.5) is 5.69 Å². The van der Waals surface area contributed by atoms with E-state index in [0.29, 0.717) is 23.7 Å². The zero-order chi connectivity index (χ0) is 22.5. The molecule has 1 N–H and O–H groups in total. The van der Waals surface area contributed by atoms with Crippen molar-refractivity contribution >= 4 is 46.8 Å². The van der Waals surface area contributed by atoms with E-state index in [-0.39, 0.29) is 36.8 Å². The monoisotopic (exact) mass is 474 g/mol. The number of thioether (sulfide) groups is 1. The summed E-state index contributed by atoms with van der Waals surface area (Å²) in [7, 11) is 0. The van der Waals surface area contributed by atoms with E-state index >= 15 is 0 Å². The van der Waals surface area contributed by atoms with Crippen LogP contribution in [0.15, 0.2) is 48.6 Å². The fourth-order valence-corrected chi connectivity index (χ4v) is 7.58. The maximum absolute atomic E-state index is 14.0. The first-order valence-electron chi connectivity index (χ1n) is 10.7. The molecule has 2 amide bonds. The Balaban J connectivity index is 1.62. The lowest BCUT2D eigenvalue weighted by Crippen LogP contribution is -2.53. The van der Waals surface area contributed by atoms with Gasteiger partial charge in [0.05, 0.1) is 27.3 Å². The molecule has 0 radical (unpaired) electrons. The van der Waals surface area contributed by atoms with Gasteiger partial charge in [-0.15, -0.1) is 11.8 Å². The third-order valence-electron chi connectivity index (χ3n) is 6.61. The van der Waals surface area contributed by atoms with Gasteiger partial charge in [0.2, 0.25) is 5.91 Å². The SMILES string of the molecule is O=C1OCC=C[C@H]2S[C@]34C=CCN(c5ccccc5Cl)C(=O)C3N(CCCO)C(=O)[C@@H]4[C@@H]12. The second kappa shape index (κ2) is 8.24. The molecule has 1 aromatic carbocycles. The highest BCUT2D eigenvalue weighted by Crippen LogP contribution is 2.61. The van der Waals surface area contributed by atoms with Crippen LogP contribution in [0, 0.1) is 11.8 Å². The van der Waals surface area contributed by atoms with Gasteiger partial charge >= 0.3 is 5.97 Å². The van der Waals surface area contributed by atoms with E-state index in [0.717, 1.165) is 0 Å². The molecule has 9 heteroatoms. The molecular formula is C23H23ClN2O5S. The van der Waals surface area contributed by atoms with Crippen LogP contribution in [0.3, 0.4) is 0 Å². The number of anilines is 1. The lowest BCUT2D eigenvalue weighted by atomic mass is 9.78. The van der Waals surface area contributed by atoms with Gasteiger partial charge in [0.15, 0.2) is 0 Å². The zero-order valence-electron chi connectivity index (χ0n) is 17.2. The summed E-state index contributed by atoms with van der Waals surface area (Å²) in [6.45, 7) is 0.631.